The first-order valence-corrected chi connectivity index (χ1v) is 8.67. The van der Waals surface area contributed by atoms with E-state index in [0.717, 1.165) is 30.9 Å². The Morgan fingerprint density at radius 3 is 2.68 bits per heavy atom. The molecule has 1 aliphatic heterocycles. The first kappa shape index (κ1) is 16.0. The van der Waals surface area contributed by atoms with Crippen LogP contribution in [0.15, 0.2) is 52.9 Å². The first-order valence-electron chi connectivity index (χ1n) is 8.67. The predicted molar refractivity (Wildman–Crippen MR) is 96.0 cm³/mol. The maximum atomic E-state index is 5.81. The van der Waals surface area contributed by atoms with Crippen LogP contribution in [0.2, 0.25) is 0 Å². The number of nitrogens with zero attached hydrogens (tertiary/aromatic N) is 2. The Bertz CT molecular complexity index is 774. The summed E-state index contributed by atoms with van der Waals surface area (Å²) in [4.78, 5) is 6.71. The van der Waals surface area contributed by atoms with Crippen LogP contribution < -0.4 is 9.47 Å². The van der Waals surface area contributed by atoms with E-state index < -0.39 is 0 Å². The zero-order chi connectivity index (χ0) is 16.9. The SMILES string of the molecule is [CH]1CCCN(CCOc2ccc(Oc3nc4ccccc4o3)cc2)C1. The molecule has 1 radical (unpaired) electrons. The minimum absolute atomic E-state index is 0.246. The third-order valence-corrected chi connectivity index (χ3v) is 4.25. The number of rotatable bonds is 6. The van der Waals surface area contributed by atoms with Gasteiger partial charge in [-0.25, -0.2) is 0 Å². The lowest BCUT2D eigenvalue weighted by atomic mass is 10.1. The summed E-state index contributed by atoms with van der Waals surface area (Å²) in [5, 5.41) is 0. The van der Waals surface area contributed by atoms with Gasteiger partial charge in [0.25, 0.3) is 0 Å². The van der Waals surface area contributed by atoms with Gasteiger partial charge < -0.3 is 13.9 Å². The molecule has 1 fully saturated rings. The maximum absolute atomic E-state index is 5.81. The number of oxazole rings is 1. The van der Waals surface area contributed by atoms with Gasteiger partial charge in [-0.05, 0) is 62.2 Å². The molecule has 5 nitrogen and oxygen atoms in total. The summed E-state index contributed by atoms with van der Waals surface area (Å²) in [6.07, 6.45) is 5.07. The van der Waals surface area contributed by atoms with Crippen LogP contribution in [0.5, 0.6) is 17.6 Å². The number of piperidine rings is 1. The molecule has 3 aromatic rings. The zero-order valence-electron chi connectivity index (χ0n) is 14.1. The van der Waals surface area contributed by atoms with Crippen molar-refractivity contribution in [1.29, 1.82) is 0 Å². The molecule has 4 rings (SSSR count). The normalized spacial score (nSPS) is 15.4. The molecule has 0 unspecified atom stereocenters. The molecule has 2 aromatic carbocycles. The number of benzene rings is 2. The molecule has 1 saturated heterocycles. The highest BCUT2D eigenvalue weighted by Crippen LogP contribution is 2.26. The quantitative estimate of drug-likeness (QED) is 0.671. The molecule has 0 bridgehead atoms. The van der Waals surface area contributed by atoms with E-state index in [1.807, 2.05) is 48.5 Å². The highest BCUT2D eigenvalue weighted by Gasteiger charge is 2.10. The fourth-order valence-electron chi connectivity index (χ4n) is 2.92. The van der Waals surface area contributed by atoms with E-state index in [9.17, 15) is 0 Å². The Labute approximate surface area is 147 Å². The Kier molecular flexibility index (Phi) is 4.84. The van der Waals surface area contributed by atoms with E-state index in [-0.39, 0.29) is 6.08 Å². The van der Waals surface area contributed by atoms with Crippen LogP contribution in [-0.4, -0.2) is 36.1 Å². The largest absolute Gasteiger partial charge is 0.492 e. The van der Waals surface area contributed by atoms with Crippen LogP contribution in [0.4, 0.5) is 0 Å². The minimum atomic E-state index is 0.246. The lowest BCUT2D eigenvalue weighted by molar-refractivity contribution is 0.203. The number of likely N-dealkylation sites (tertiary alicyclic amines) is 1. The Morgan fingerprint density at radius 1 is 1.04 bits per heavy atom. The summed E-state index contributed by atoms with van der Waals surface area (Å²) >= 11 is 0. The van der Waals surface area contributed by atoms with Gasteiger partial charge in [-0.1, -0.05) is 12.1 Å². The van der Waals surface area contributed by atoms with Crippen LogP contribution in [0.3, 0.4) is 0 Å². The van der Waals surface area contributed by atoms with Crippen LogP contribution >= 0.6 is 0 Å². The van der Waals surface area contributed by atoms with Crippen molar-refractivity contribution in [3.63, 3.8) is 0 Å². The third kappa shape index (κ3) is 4.12. The van der Waals surface area contributed by atoms with Crippen LogP contribution in [0, 0.1) is 6.42 Å². The van der Waals surface area contributed by atoms with E-state index in [1.165, 1.54) is 12.8 Å². The van der Waals surface area contributed by atoms with Gasteiger partial charge >= 0.3 is 6.08 Å². The summed E-state index contributed by atoms with van der Waals surface area (Å²) in [6.45, 7) is 3.88. The van der Waals surface area contributed by atoms with Crippen molar-refractivity contribution in [3.8, 4) is 17.6 Å². The predicted octanol–water partition coefficient (Wildman–Crippen LogP) is 4.30. The molecular weight excluding hydrogens is 316 g/mol. The highest BCUT2D eigenvalue weighted by molar-refractivity contribution is 5.72. The Morgan fingerprint density at radius 2 is 1.88 bits per heavy atom. The van der Waals surface area contributed by atoms with Crippen molar-refractivity contribution < 1.29 is 13.9 Å². The Balaban J connectivity index is 1.30. The second-order valence-corrected chi connectivity index (χ2v) is 6.10. The fourth-order valence-corrected chi connectivity index (χ4v) is 2.92. The van der Waals surface area contributed by atoms with Crippen LogP contribution in [0.1, 0.15) is 12.8 Å². The second-order valence-electron chi connectivity index (χ2n) is 6.10. The number of hydrogen-bond donors (Lipinski definition) is 0. The summed E-state index contributed by atoms with van der Waals surface area (Å²) in [7, 11) is 0. The van der Waals surface area contributed by atoms with Gasteiger partial charge in [0, 0.05) is 13.1 Å². The van der Waals surface area contributed by atoms with Gasteiger partial charge in [-0.3, -0.25) is 4.90 Å². The number of fused-ring (bicyclic) bond motifs is 1. The van der Waals surface area contributed by atoms with Gasteiger partial charge in [0.2, 0.25) is 0 Å². The number of para-hydroxylation sites is 2. The molecule has 0 spiro atoms. The van der Waals surface area contributed by atoms with Crippen molar-refractivity contribution in [2.24, 2.45) is 0 Å². The molecule has 2 heterocycles. The Hall–Kier alpha value is -2.53. The van der Waals surface area contributed by atoms with Gasteiger partial charge in [-0.15, -0.1) is 0 Å². The van der Waals surface area contributed by atoms with Crippen molar-refractivity contribution in [2.75, 3.05) is 26.2 Å². The molecule has 25 heavy (non-hydrogen) atoms. The maximum Gasteiger partial charge on any atom is 0.400 e. The minimum Gasteiger partial charge on any atom is -0.492 e. The topological polar surface area (TPSA) is 47.7 Å². The van der Waals surface area contributed by atoms with E-state index in [1.54, 1.807) is 0 Å². The molecule has 1 aliphatic rings. The van der Waals surface area contributed by atoms with Crippen molar-refractivity contribution in [2.45, 2.75) is 12.8 Å². The highest BCUT2D eigenvalue weighted by atomic mass is 16.6. The van der Waals surface area contributed by atoms with Crippen LogP contribution in [-0.2, 0) is 0 Å². The smallest absolute Gasteiger partial charge is 0.400 e. The third-order valence-electron chi connectivity index (χ3n) is 4.25. The summed E-state index contributed by atoms with van der Waals surface area (Å²) < 4.78 is 17.0. The van der Waals surface area contributed by atoms with Gasteiger partial charge in [0.15, 0.2) is 5.58 Å². The van der Waals surface area contributed by atoms with E-state index >= 15 is 0 Å². The number of aromatic nitrogens is 1. The molecular formula is C20H21N2O3. The van der Waals surface area contributed by atoms with Crippen molar-refractivity contribution in [1.82, 2.24) is 9.88 Å². The average Bonchev–Trinajstić information content (AvgIpc) is 3.06. The van der Waals surface area contributed by atoms with Gasteiger partial charge in [-0.2, -0.15) is 4.98 Å². The van der Waals surface area contributed by atoms with Crippen LogP contribution in [0.25, 0.3) is 11.1 Å². The molecule has 0 atom stereocenters. The first-order chi connectivity index (χ1) is 12.4. The van der Waals surface area contributed by atoms with Gasteiger partial charge in [0.05, 0.1) is 0 Å². The standard InChI is InChI=1S/C20H21N2O3/c1-4-12-22(13-5-1)14-15-23-16-8-10-17(11-9-16)24-20-21-18-6-2-3-7-19(18)25-20/h2-4,6-11H,1,5,12-15H2. The second kappa shape index (κ2) is 7.57. The van der Waals surface area contributed by atoms with Gasteiger partial charge in [0.1, 0.15) is 23.6 Å². The molecule has 0 aliphatic carbocycles. The summed E-state index contributed by atoms with van der Waals surface area (Å²) in [5.41, 5.74) is 1.50. The van der Waals surface area contributed by atoms with E-state index in [2.05, 4.69) is 16.3 Å². The summed E-state index contributed by atoms with van der Waals surface area (Å²) in [5.74, 6) is 1.51. The molecule has 0 saturated carbocycles. The number of hydrogen-bond acceptors (Lipinski definition) is 5. The molecule has 1 aromatic heterocycles. The lowest BCUT2D eigenvalue weighted by Gasteiger charge is -2.25. The van der Waals surface area contributed by atoms with E-state index in [4.69, 9.17) is 13.9 Å². The summed E-state index contributed by atoms with van der Waals surface area (Å²) in [6, 6.07) is 15.1. The van der Waals surface area contributed by atoms with E-state index in [0.29, 0.717) is 17.9 Å². The van der Waals surface area contributed by atoms with Crippen molar-refractivity contribution >= 4 is 11.1 Å². The zero-order valence-corrected chi connectivity index (χ0v) is 14.1. The lowest BCUT2D eigenvalue weighted by Crippen LogP contribution is -2.33. The van der Waals surface area contributed by atoms with Crippen molar-refractivity contribution in [3.05, 3.63) is 55.0 Å². The average molecular weight is 337 g/mol. The number of ether oxygens (including phenoxy) is 2. The molecule has 0 amide bonds. The fraction of sp³-hybridized carbons (Fsp3) is 0.300. The molecule has 5 heteroatoms. The molecule has 0 N–H and O–H groups in total. The monoisotopic (exact) mass is 337 g/mol. The molecule has 129 valence electrons.